The second-order valence-electron chi connectivity index (χ2n) is 7.10. The van der Waals surface area contributed by atoms with E-state index in [1.165, 1.54) is 34.1 Å². The number of aryl methyl sites for hydroxylation is 1. The number of carbonyl (C=O) groups excluding carboxylic acids is 1. The second-order valence-corrected chi connectivity index (χ2v) is 8.52. The van der Waals surface area contributed by atoms with Crippen LogP contribution in [0.1, 0.15) is 21.9 Å². The molecule has 5 rings (SSSR count). The number of hydrogen-bond acceptors (Lipinski definition) is 7. The molecule has 0 saturated heterocycles. The Labute approximate surface area is 190 Å². The van der Waals surface area contributed by atoms with Gasteiger partial charge in [-0.05, 0) is 61.0 Å². The normalized spacial score (nSPS) is 11.3. The zero-order chi connectivity index (χ0) is 22.6. The molecule has 3 N–H and O–H groups in total. The minimum Gasteiger partial charge on any atom is -0.508 e. The van der Waals surface area contributed by atoms with Crippen LogP contribution < -0.4 is 0 Å². The summed E-state index contributed by atoms with van der Waals surface area (Å²) in [5, 5.41) is 32.2. The lowest BCUT2D eigenvalue weighted by Crippen LogP contribution is -2.04. The summed E-state index contributed by atoms with van der Waals surface area (Å²) in [6.45, 7) is 1.70. The molecule has 0 spiro atoms. The van der Waals surface area contributed by atoms with Crippen molar-refractivity contribution in [3.8, 4) is 33.8 Å². The maximum absolute atomic E-state index is 13.3. The number of furan rings is 1. The number of halogens is 1. The van der Waals surface area contributed by atoms with E-state index in [9.17, 15) is 20.1 Å². The van der Waals surface area contributed by atoms with Gasteiger partial charge < -0.3 is 19.7 Å². The highest BCUT2D eigenvalue weighted by molar-refractivity contribution is 7.21. The molecule has 0 amide bonds. The summed E-state index contributed by atoms with van der Waals surface area (Å²) in [4.78, 5) is 17.8. The minimum atomic E-state index is -0.605. The summed E-state index contributed by atoms with van der Waals surface area (Å²) in [6, 6.07) is 14.5. The smallest absolute Gasteiger partial charge is 0.242 e. The Morgan fingerprint density at radius 2 is 1.81 bits per heavy atom. The summed E-state index contributed by atoms with van der Waals surface area (Å²) in [6.07, 6.45) is 0. The predicted octanol–water partition coefficient (Wildman–Crippen LogP) is 5.66. The van der Waals surface area contributed by atoms with Crippen molar-refractivity contribution in [2.45, 2.75) is 6.92 Å². The maximum atomic E-state index is 13.3. The highest BCUT2D eigenvalue weighted by Crippen LogP contribution is 2.45. The minimum absolute atomic E-state index is 0.0160. The van der Waals surface area contributed by atoms with Crippen molar-refractivity contribution >= 4 is 38.9 Å². The number of ketones is 1. The molecule has 2 aromatic carbocycles. The molecule has 0 bridgehead atoms. The molecule has 3 heterocycles. The van der Waals surface area contributed by atoms with E-state index in [2.05, 4.69) is 4.98 Å². The number of phenolic OH excluding ortho intramolecular Hbond substituents is 1. The molecular weight excluding hydrogens is 452 g/mol. The van der Waals surface area contributed by atoms with Crippen molar-refractivity contribution in [3.05, 3.63) is 76.7 Å². The predicted molar refractivity (Wildman–Crippen MR) is 121 cm³/mol. The number of benzene rings is 2. The molecule has 3 aromatic heterocycles. The molecule has 160 valence electrons. The van der Waals surface area contributed by atoms with Gasteiger partial charge in [0.2, 0.25) is 11.7 Å². The third-order valence-corrected chi connectivity index (χ3v) is 6.31. The molecule has 9 heteroatoms. The topological polar surface area (TPSA) is 109 Å². The quantitative estimate of drug-likeness (QED) is 0.295. The third kappa shape index (κ3) is 3.12. The molecule has 0 aliphatic heterocycles. The van der Waals surface area contributed by atoms with Gasteiger partial charge in [0, 0.05) is 0 Å². The average molecular weight is 467 g/mol. The van der Waals surface area contributed by atoms with E-state index in [0.29, 0.717) is 27.0 Å². The lowest BCUT2D eigenvalue weighted by atomic mass is 10.0. The van der Waals surface area contributed by atoms with Gasteiger partial charge in [0.1, 0.15) is 17.0 Å². The van der Waals surface area contributed by atoms with E-state index in [-0.39, 0.29) is 22.8 Å². The van der Waals surface area contributed by atoms with Gasteiger partial charge in [-0.25, -0.2) is 4.98 Å². The molecule has 7 nitrogen and oxygen atoms in total. The van der Waals surface area contributed by atoms with E-state index in [4.69, 9.17) is 16.0 Å². The first-order valence-corrected chi connectivity index (χ1v) is 10.7. The molecule has 0 fully saturated rings. The van der Waals surface area contributed by atoms with Gasteiger partial charge in [-0.2, -0.15) is 0 Å². The van der Waals surface area contributed by atoms with Crippen molar-refractivity contribution in [3.63, 3.8) is 0 Å². The molecule has 0 saturated carbocycles. The first-order valence-electron chi connectivity index (χ1n) is 9.47. The van der Waals surface area contributed by atoms with Crippen LogP contribution in [0.15, 0.2) is 59.0 Å². The summed E-state index contributed by atoms with van der Waals surface area (Å²) in [7, 11) is 0. The van der Waals surface area contributed by atoms with Crippen LogP contribution in [0, 0.1) is 6.92 Å². The van der Waals surface area contributed by atoms with E-state index >= 15 is 0 Å². The van der Waals surface area contributed by atoms with E-state index in [0.717, 1.165) is 4.70 Å². The third-order valence-electron chi connectivity index (χ3n) is 5.00. The van der Waals surface area contributed by atoms with Crippen LogP contribution in [0.25, 0.3) is 26.6 Å². The van der Waals surface area contributed by atoms with Crippen molar-refractivity contribution in [1.82, 2.24) is 9.55 Å². The number of aromatic hydroxyl groups is 3. The van der Waals surface area contributed by atoms with Crippen molar-refractivity contribution < 1.29 is 24.5 Å². The fourth-order valence-corrected chi connectivity index (χ4v) is 4.79. The molecule has 0 aliphatic rings. The Kier molecular flexibility index (Phi) is 4.69. The zero-order valence-corrected chi connectivity index (χ0v) is 18.1. The van der Waals surface area contributed by atoms with Gasteiger partial charge >= 0.3 is 0 Å². The molecule has 32 heavy (non-hydrogen) atoms. The zero-order valence-electron chi connectivity index (χ0n) is 16.5. The summed E-state index contributed by atoms with van der Waals surface area (Å²) < 4.78 is 7.53. The van der Waals surface area contributed by atoms with E-state index in [1.807, 2.05) is 6.07 Å². The van der Waals surface area contributed by atoms with Gasteiger partial charge in [0.15, 0.2) is 16.6 Å². The number of para-hydroxylation sites is 1. The van der Waals surface area contributed by atoms with Gasteiger partial charge in [-0.15, -0.1) is 0 Å². The Morgan fingerprint density at radius 1 is 1.06 bits per heavy atom. The Balaban J connectivity index is 1.82. The highest BCUT2D eigenvalue weighted by atomic mass is 35.5. The number of fused-ring (bicyclic) bond motifs is 1. The van der Waals surface area contributed by atoms with Crippen molar-refractivity contribution in [2.24, 2.45) is 0 Å². The molecule has 0 aliphatic carbocycles. The number of thiazole rings is 1. The van der Waals surface area contributed by atoms with Gasteiger partial charge in [0.25, 0.3) is 0 Å². The fraction of sp³-hybridized carbons (Fsp3) is 0.0435. The van der Waals surface area contributed by atoms with Crippen LogP contribution in [0.5, 0.6) is 17.4 Å². The average Bonchev–Trinajstić information content (AvgIpc) is 3.46. The number of carbonyl (C=O) groups is 1. The maximum Gasteiger partial charge on any atom is 0.242 e. The second kappa shape index (κ2) is 7.44. The van der Waals surface area contributed by atoms with Crippen LogP contribution in [0.4, 0.5) is 0 Å². The molecule has 0 unspecified atom stereocenters. The lowest BCUT2D eigenvalue weighted by Gasteiger charge is -2.09. The van der Waals surface area contributed by atoms with Crippen LogP contribution in [-0.4, -0.2) is 30.7 Å². The number of aromatic nitrogens is 2. The molecule has 0 radical (unpaired) electrons. The van der Waals surface area contributed by atoms with Gasteiger partial charge in [-0.1, -0.05) is 29.0 Å². The van der Waals surface area contributed by atoms with E-state index in [1.54, 1.807) is 37.3 Å². The Bertz CT molecular complexity index is 1500. The lowest BCUT2D eigenvalue weighted by molar-refractivity contribution is 0.101. The largest absolute Gasteiger partial charge is 0.508 e. The number of phenols is 1. The summed E-state index contributed by atoms with van der Waals surface area (Å²) >= 11 is 7.51. The first kappa shape index (κ1) is 20.2. The molecule has 5 aromatic rings. The Hall–Kier alpha value is -3.75. The molecule has 0 atom stereocenters. The van der Waals surface area contributed by atoms with Crippen LogP contribution in [0.2, 0.25) is 5.02 Å². The SMILES string of the molecule is Cc1ccc(C(=O)c2c(O)c(O)n(-c3nc4c(Cl)cccc4s3)c2-c2ccc(O)cc2)o1. The number of hydrogen-bond donors (Lipinski definition) is 3. The summed E-state index contributed by atoms with van der Waals surface area (Å²) in [5.41, 5.74) is 1.06. The molecular formula is C23H15ClN2O5S. The van der Waals surface area contributed by atoms with Crippen molar-refractivity contribution in [2.75, 3.05) is 0 Å². The monoisotopic (exact) mass is 466 g/mol. The fourth-order valence-electron chi connectivity index (χ4n) is 3.52. The number of rotatable bonds is 4. The highest BCUT2D eigenvalue weighted by Gasteiger charge is 2.32. The Morgan fingerprint density at radius 3 is 2.47 bits per heavy atom. The van der Waals surface area contributed by atoms with Gasteiger partial charge in [0.05, 0.1) is 21.0 Å². The number of nitrogens with zero attached hydrogens (tertiary/aromatic N) is 2. The van der Waals surface area contributed by atoms with Crippen LogP contribution in [0.3, 0.4) is 0 Å². The summed E-state index contributed by atoms with van der Waals surface area (Å²) in [5.74, 6) is -1.17. The van der Waals surface area contributed by atoms with Gasteiger partial charge in [-0.3, -0.25) is 9.36 Å². The first-order chi connectivity index (χ1) is 15.3. The van der Waals surface area contributed by atoms with Crippen LogP contribution >= 0.6 is 22.9 Å². The van der Waals surface area contributed by atoms with Crippen molar-refractivity contribution in [1.29, 1.82) is 0 Å². The van der Waals surface area contributed by atoms with E-state index < -0.39 is 17.4 Å². The standard InChI is InChI=1S/C23H15ClN2O5S/c1-11-5-10-15(31-11)20(28)17-19(12-6-8-13(27)9-7-12)26(22(30)21(17)29)23-25-18-14(24)3-2-4-16(18)32-23/h2-10,27,29-30H,1H3. The van der Waals surface area contributed by atoms with Crippen LogP contribution in [-0.2, 0) is 0 Å².